The molecule has 340 valence electrons. The van der Waals surface area contributed by atoms with Crippen LogP contribution in [-0.2, 0) is 53.6 Å². The first-order valence-corrected chi connectivity index (χ1v) is 22.1. The lowest BCUT2D eigenvalue weighted by Crippen LogP contribution is -2.55. The van der Waals surface area contributed by atoms with Gasteiger partial charge < -0.3 is 35.8 Å². The number of alkyl carbamates (subject to hydrolysis) is 1. The number of ether oxygens (including phenoxy) is 2. The second kappa shape index (κ2) is 25.3. The fourth-order valence-electron chi connectivity index (χ4n) is 7.52. The number of nitrogens with one attached hydrogen (secondary N) is 4. The Labute approximate surface area is 381 Å². The third-order valence-electron chi connectivity index (χ3n) is 10.7. The predicted molar refractivity (Wildman–Crippen MR) is 250 cm³/mol. The minimum Gasteiger partial charge on any atom is -0.463 e. The number of aliphatic hydroxyl groups is 1. The van der Waals surface area contributed by atoms with Gasteiger partial charge in [0.15, 0.2) is 0 Å². The van der Waals surface area contributed by atoms with Gasteiger partial charge in [-0.25, -0.2) is 9.59 Å². The van der Waals surface area contributed by atoms with Crippen LogP contribution in [0.1, 0.15) is 73.4 Å². The first-order chi connectivity index (χ1) is 31.5. The number of rotatable bonds is 23. The Balaban J connectivity index is 1.40. The van der Waals surface area contributed by atoms with E-state index in [1.54, 1.807) is 6.92 Å². The maximum absolute atomic E-state index is 14.5. The number of benzene rings is 5. The lowest BCUT2D eigenvalue weighted by atomic mass is 9.77. The monoisotopic (exact) mass is 880 g/mol. The average molecular weight is 881 g/mol. The van der Waals surface area contributed by atoms with Crippen molar-refractivity contribution in [1.29, 1.82) is 0 Å². The van der Waals surface area contributed by atoms with Crippen LogP contribution in [0.3, 0.4) is 0 Å². The van der Waals surface area contributed by atoms with E-state index in [-0.39, 0.29) is 57.3 Å². The second-order valence-corrected chi connectivity index (χ2v) is 16.1. The van der Waals surface area contributed by atoms with E-state index in [0.717, 1.165) is 33.4 Å². The molecule has 5 aromatic carbocycles. The highest BCUT2D eigenvalue weighted by Gasteiger charge is 2.38. The predicted octanol–water partition coefficient (Wildman–Crippen LogP) is 7.08. The van der Waals surface area contributed by atoms with Crippen LogP contribution in [0.4, 0.5) is 4.79 Å². The molecular weight excluding hydrogens is 821 g/mol. The number of carbonyl (C=O) groups is 5. The third kappa shape index (κ3) is 15.0. The number of amides is 4. The Morgan fingerprint density at radius 3 is 1.68 bits per heavy atom. The van der Waals surface area contributed by atoms with Crippen molar-refractivity contribution in [3.05, 3.63) is 191 Å². The summed E-state index contributed by atoms with van der Waals surface area (Å²) in [4.78, 5) is 68.5. The van der Waals surface area contributed by atoms with Gasteiger partial charge in [0.25, 0.3) is 0 Å². The molecular formula is C53H60N4O8. The Morgan fingerprint density at radius 2 is 1.15 bits per heavy atom. The van der Waals surface area contributed by atoms with Gasteiger partial charge in [-0.2, -0.15) is 0 Å². The summed E-state index contributed by atoms with van der Waals surface area (Å²) in [6.07, 6.45) is 2.69. The van der Waals surface area contributed by atoms with Crippen molar-refractivity contribution in [1.82, 2.24) is 21.3 Å². The van der Waals surface area contributed by atoms with Crippen molar-refractivity contribution in [2.24, 2.45) is 5.92 Å². The summed E-state index contributed by atoms with van der Waals surface area (Å²) in [7, 11) is 0. The average Bonchev–Trinajstić information content (AvgIpc) is 3.32. The van der Waals surface area contributed by atoms with Crippen molar-refractivity contribution in [2.75, 3.05) is 13.2 Å². The SMILES string of the molecule is CCOC(=O)/C=C/[C@H](CCC(=O)NC(c1ccccc1)(c1ccccc1)c1ccccc1)NC(=O)[C@H](Cc1ccc(CCO)cc1)NC(=O)[C@H](CC(C)C)NC(=O)OCc1ccccc1. The van der Waals surface area contributed by atoms with E-state index in [4.69, 9.17) is 9.47 Å². The van der Waals surface area contributed by atoms with Gasteiger partial charge in [0, 0.05) is 31.6 Å². The number of esters is 1. The molecule has 0 saturated carbocycles. The van der Waals surface area contributed by atoms with Gasteiger partial charge in [0.1, 0.15) is 24.2 Å². The molecule has 5 aromatic rings. The highest BCUT2D eigenvalue weighted by molar-refractivity contribution is 5.92. The van der Waals surface area contributed by atoms with E-state index < -0.39 is 47.5 Å². The lowest BCUT2D eigenvalue weighted by Gasteiger charge is -2.37. The largest absolute Gasteiger partial charge is 0.463 e. The minimum absolute atomic E-state index is 0.00444. The highest BCUT2D eigenvalue weighted by Crippen LogP contribution is 2.37. The minimum atomic E-state index is -1.16. The van der Waals surface area contributed by atoms with Crippen molar-refractivity contribution in [3.8, 4) is 0 Å². The molecule has 12 nitrogen and oxygen atoms in total. The van der Waals surface area contributed by atoms with Crippen LogP contribution >= 0.6 is 0 Å². The molecule has 0 unspecified atom stereocenters. The molecule has 0 saturated heterocycles. The summed E-state index contributed by atoms with van der Waals surface area (Å²) in [6, 6.07) is 42.5. The maximum Gasteiger partial charge on any atom is 0.408 e. The second-order valence-electron chi connectivity index (χ2n) is 16.1. The van der Waals surface area contributed by atoms with E-state index in [9.17, 15) is 29.1 Å². The zero-order valence-corrected chi connectivity index (χ0v) is 37.3. The molecule has 0 spiro atoms. The van der Waals surface area contributed by atoms with Crippen LogP contribution in [0.25, 0.3) is 0 Å². The molecule has 0 radical (unpaired) electrons. The standard InChI is InChI=1S/C53H60N4O8/c1-4-64-49(60)32-30-45(29-31-48(59)57-53(42-19-11-6-12-20-42,43-21-13-7-14-22-43)44-23-15-8-16-24-44)54-50(61)47(36-40-27-25-39(26-28-40)33-34-58)55-51(62)46(35-38(2)3)56-52(63)65-37-41-17-9-5-10-18-41/h5-28,30,32,38,45-47,58H,4,29,31,33-37H2,1-3H3,(H,54,61)(H,55,62)(H,56,63)(H,57,59)/b32-30+/t45-,46-,47-/m0/s1. The molecule has 0 bridgehead atoms. The summed E-state index contributed by atoms with van der Waals surface area (Å²) in [5, 5.41) is 21.3. The molecule has 5 N–H and O–H groups in total. The van der Waals surface area contributed by atoms with E-state index >= 15 is 0 Å². The normalized spacial score (nSPS) is 12.7. The van der Waals surface area contributed by atoms with Gasteiger partial charge in [-0.1, -0.05) is 166 Å². The first-order valence-electron chi connectivity index (χ1n) is 22.1. The molecule has 0 fully saturated rings. The third-order valence-corrected chi connectivity index (χ3v) is 10.7. The van der Waals surface area contributed by atoms with Crippen LogP contribution in [0.2, 0.25) is 0 Å². The van der Waals surface area contributed by atoms with Crippen LogP contribution < -0.4 is 21.3 Å². The summed E-state index contributed by atoms with van der Waals surface area (Å²) in [6.45, 7) is 5.63. The van der Waals surface area contributed by atoms with Crippen molar-refractivity contribution in [3.63, 3.8) is 0 Å². The fraction of sp³-hybridized carbons (Fsp3) is 0.302. The van der Waals surface area contributed by atoms with Gasteiger partial charge in [-0.3, -0.25) is 14.4 Å². The topological polar surface area (TPSA) is 172 Å². The van der Waals surface area contributed by atoms with Crippen molar-refractivity contribution in [2.45, 2.75) is 83.1 Å². The molecule has 0 aliphatic heterocycles. The molecule has 0 aliphatic rings. The Hall–Kier alpha value is -7.05. The lowest BCUT2D eigenvalue weighted by molar-refractivity contribution is -0.137. The van der Waals surface area contributed by atoms with Crippen LogP contribution in [0.5, 0.6) is 0 Å². The smallest absolute Gasteiger partial charge is 0.408 e. The summed E-state index contributed by atoms with van der Waals surface area (Å²) < 4.78 is 10.6. The Kier molecular flexibility index (Phi) is 19.1. The fourth-order valence-corrected chi connectivity index (χ4v) is 7.52. The van der Waals surface area contributed by atoms with Crippen LogP contribution in [0.15, 0.2) is 158 Å². The van der Waals surface area contributed by atoms with Crippen LogP contribution in [-0.4, -0.2) is 66.2 Å². The van der Waals surface area contributed by atoms with Gasteiger partial charge in [-0.05, 0) is 65.5 Å². The van der Waals surface area contributed by atoms with E-state index in [1.165, 1.54) is 12.2 Å². The number of aliphatic hydroxyl groups excluding tert-OH is 1. The zero-order valence-electron chi connectivity index (χ0n) is 37.3. The Morgan fingerprint density at radius 1 is 0.631 bits per heavy atom. The summed E-state index contributed by atoms with van der Waals surface area (Å²) >= 11 is 0. The quantitative estimate of drug-likeness (QED) is 0.0263. The van der Waals surface area contributed by atoms with E-state index in [1.807, 2.05) is 159 Å². The molecule has 65 heavy (non-hydrogen) atoms. The zero-order chi connectivity index (χ0) is 46.4. The number of hydrogen-bond acceptors (Lipinski definition) is 8. The molecule has 4 amide bonds. The first kappa shape index (κ1) is 49.0. The highest BCUT2D eigenvalue weighted by atomic mass is 16.5. The molecule has 12 heteroatoms. The summed E-state index contributed by atoms with van der Waals surface area (Å²) in [5.41, 5.74) is 3.86. The molecule has 0 heterocycles. The van der Waals surface area contributed by atoms with Crippen molar-refractivity contribution >= 4 is 29.8 Å². The molecule has 0 aliphatic carbocycles. The molecule has 5 rings (SSSR count). The van der Waals surface area contributed by atoms with E-state index in [2.05, 4.69) is 21.3 Å². The molecule has 3 atom stereocenters. The number of carbonyl (C=O) groups excluding carboxylic acids is 5. The van der Waals surface area contributed by atoms with Gasteiger partial charge >= 0.3 is 12.1 Å². The van der Waals surface area contributed by atoms with Crippen molar-refractivity contribution < 1.29 is 38.6 Å². The maximum atomic E-state index is 14.5. The van der Waals surface area contributed by atoms with Gasteiger partial charge in [-0.15, -0.1) is 0 Å². The van der Waals surface area contributed by atoms with Gasteiger partial charge in [0.2, 0.25) is 17.7 Å². The van der Waals surface area contributed by atoms with Gasteiger partial charge in [0.05, 0.1) is 6.61 Å². The summed E-state index contributed by atoms with van der Waals surface area (Å²) in [5.74, 6) is -2.13. The Bertz CT molecular complexity index is 2190. The van der Waals surface area contributed by atoms with Crippen LogP contribution in [0, 0.1) is 5.92 Å². The number of hydrogen-bond donors (Lipinski definition) is 5. The molecule has 0 aromatic heterocycles. The van der Waals surface area contributed by atoms with E-state index in [0.29, 0.717) is 6.42 Å².